The summed E-state index contributed by atoms with van der Waals surface area (Å²) in [6.07, 6.45) is 1.03. The van der Waals surface area contributed by atoms with Gasteiger partial charge < -0.3 is 9.30 Å². The van der Waals surface area contributed by atoms with Gasteiger partial charge in [-0.3, -0.25) is 0 Å². The van der Waals surface area contributed by atoms with Crippen molar-refractivity contribution < 1.29 is 13.5 Å². The molecule has 0 bridgehead atoms. The number of fused-ring (bicyclic) bond motifs is 1. The summed E-state index contributed by atoms with van der Waals surface area (Å²) in [6, 6.07) is 7.63. The highest BCUT2D eigenvalue weighted by molar-refractivity contribution is 5.74. The molecule has 3 rings (SSSR count). The van der Waals surface area contributed by atoms with Crippen LogP contribution < -0.4 is 0 Å². The van der Waals surface area contributed by atoms with E-state index in [1.807, 2.05) is 28.8 Å². The lowest BCUT2D eigenvalue weighted by atomic mass is 10.2. The van der Waals surface area contributed by atoms with E-state index in [1.54, 1.807) is 6.33 Å². The molecule has 2 heterocycles. The molecule has 1 unspecified atom stereocenters. The van der Waals surface area contributed by atoms with Crippen LogP contribution in [0.4, 0.5) is 8.78 Å². The Balaban J connectivity index is 1.82. The zero-order valence-electron chi connectivity index (χ0n) is 9.14. The topological polar surface area (TPSA) is 27.1 Å². The number of ether oxygens (including phenoxy) is 1. The molecule has 0 aliphatic carbocycles. The van der Waals surface area contributed by atoms with Gasteiger partial charge in [0.25, 0.3) is 5.92 Å². The Morgan fingerprint density at radius 3 is 3.00 bits per heavy atom. The van der Waals surface area contributed by atoms with Crippen LogP contribution in [-0.4, -0.2) is 28.2 Å². The molecule has 5 heteroatoms. The highest BCUT2D eigenvalue weighted by Gasteiger charge is 2.40. The van der Waals surface area contributed by atoms with Crippen molar-refractivity contribution in [3.8, 4) is 0 Å². The summed E-state index contributed by atoms with van der Waals surface area (Å²) < 4.78 is 32.9. The highest BCUT2D eigenvalue weighted by atomic mass is 19.3. The molecule has 0 spiro atoms. The van der Waals surface area contributed by atoms with Gasteiger partial charge in [-0.1, -0.05) is 12.1 Å². The maximum atomic E-state index is 13.0. The van der Waals surface area contributed by atoms with Gasteiger partial charge in [0.05, 0.1) is 30.0 Å². The van der Waals surface area contributed by atoms with Gasteiger partial charge in [0.2, 0.25) is 0 Å². The monoisotopic (exact) mass is 238 g/mol. The lowest BCUT2D eigenvalue weighted by Crippen LogP contribution is -2.17. The number of alkyl halides is 2. The molecule has 2 aromatic rings. The molecule has 1 aromatic carbocycles. The normalized spacial score (nSPS) is 23.3. The van der Waals surface area contributed by atoms with Crippen molar-refractivity contribution in [2.24, 2.45) is 0 Å². The first-order valence-electron chi connectivity index (χ1n) is 5.53. The SMILES string of the molecule is FC1(F)COC(Cn2cnc3ccccc32)C1. The summed E-state index contributed by atoms with van der Waals surface area (Å²) in [4.78, 5) is 4.22. The molecule has 0 amide bonds. The number of halogens is 2. The molecule has 3 nitrogen and oxygen atoms in total. The van der Waals surface area contributed by atoms with Crippen LogP contribution in [0.25, 0.3) is 11.0 Å². The average molecular weight is 238 g/mol. The lowest BCUT2D eigenvalue weighted by Gasteiger charge is -2.10. The Kier molecular flexibility index (Phi) is 2.36. The molecule has 0 saturated carbocycles. The molecule has 1 aliphatic rings. The number of benzene rings is 1. The molecular weight excluding hydrogens is 226 g/mol. The fourth-order valence-electron chi connectivity index (χ4n) is 2.18. The second kappa shape index (κ2) is 3.77. The third-order valence-electron chi connectivity index (χ3n) is 2.98. The fraction of sp³-hybridized carbons (Fsp3) is 0.417. The van der Waals surface area contributed by atoms with E-state index in [1.165, 1.54) is 0 Å². The predicted molar refractivity (Wildman–Crippen MR) is 59.0 cm³/mol. The van der Waals surface area contributed by atoms with Crippen LogP contribution in [-0.2, 0) is 11.3 Å². The Hall–Kier alpha value is -1.49. The first-order chi connectivity index (χ1) is 8.14. The van der Waals surface area contributed by atoms with E-state index in [2.05, 4.69) is 4.98 Å². The molecule has 1 aliphatic heterocycles. The Morgan fingerprint density at radius 2 is 2.24 bits per heavy atom. The summed E-state index contributed by atoms with van der Waals surface area (Å²) >= 11 is 0. The van der Waals surface area contributed by atoms with E-state index in [0.29, 0.717) is 6.54 Å². The van der Waals surface area contributed by atoms with Crippen LogP contribution in [0.3, 0.4) is 0 Å². The number of para-hydroxylation sites is 2. The van der Waals surface area contributed by atoms with Gasteiger partial charge in [0, 0.05) is 6.42 Å². The van der Waals surface area contributed by atoms with Crippen molar-refractivity contribution in [2.45, 2.75) is 25.0 Å². The maximum Gasteiger partial charge on any atom is 0.273 e. The second-order valence-corrected chi connectivity index (χ2v) is 4.38. The maximum absolute atomic E-state index is 13.0. The minimum absolute atomic E-state index is 0.209. The third kappa shape index (κ3) is 2.02. The molecule has 1 aromatic heterocycles. The summed E-state index contributed by atoms with van der Waals surface area (Å²) in [5, 5.41) is 0. The highest BCUT2D eigenvalue weighted by Crippen LogP contribution is 2.30. The van der Waals surface area contributed by atoms with E-state index >= 15 is 0 Å². The Morgan fingerprint density at radius 1 is 1.41 bits per heavy atom. The Bertz CT molecular complexity index is 538. The van der Waals surface area contributed by atoms with Crippen molar-refractivity contribution >= 4 is 11.0 Å². The molecule has 1 saturated heterocycles. The van der Waals surface area contributed by atoms with E-state index in [9.17, 15) is 8.78 Å². The standard InChI is InChI=1S/C12H12F2N2O/c13-12(14)5-9(17-7-12)6-16-8-15-10-3-1-2-4-11(10)16/h1-4,8-9H,5-7H2. The van der Waals surface area contributed by atoms with Crippen molar-refractivity contribution in [1.29, 1.82) is 0 Å². The second-order valence-electron chi connectivity index (χ2n) is 4.38. The largest absolute Gasteiger partial charge is 0.370 e. The molecule has 90 valence electrons. The average Bonchev–Trinajstić information content (AvgIpc) is 2.84. The van der Waals surface area contributed by atoms with E-state index in [0.717, 1.165) is 11.0 Å². The van der Waals surface area contributed by atoms with Crippen LogP contribution >= 0.6 is 0 Å². The number of hydrogen-bond acceptors (Lipinski definition) is 2. The molecule has 17 heavy (non-hydrogen) atoms. The number of rotatable bonds is 2. The van der Waals surface area contributed by atoms with Crippen molar-refractivity contribution in [3.05, 3.63) is 30.6 Å². The summed E-state index contributed by atoms with van der Waals surface area (Å²) in [6.45, 7) is -0.0413. The van der Waals surface area contributed by atoms with Crippen LogP contribution in [0, 0.1) is 0 Å². The fourth-order valence-corrected chi connectivity index (χ4v) is 2.18. The first-order valence-corrected chi connectivity index (χ1v) is 5.53. The quantitative estimate of drug-likeness (QED) is 0.803. The van der Waals surface area contributed by atoms with Crippen LogP contribution in [0.1, 0.15) is 6.42 Å². The first kappa shape index (κ1) is 10.7. The van der Waals surface area contributed by atoms with E-state index in [4.69, 9.17) is 4.74 Å². The van der Waals surface area contributed by atoms with Gasteiger partial charge in [0.1, 0.15) is 6.61 Å². The molecular formula is C12H12F2N2O. The van der Waals surface area contributed by atoms with Crippen molar-refractivity contribution in [2.75, 3.05) is 6.61 Å². The molecule has 0 radical (unpaired) electrons. The summed E-state index contributed by atoms with van der Waals surface area (Å²) in [5.41, 5.74) is 1.82. The van der Waals surface area contributed by atoms with Crippen LogP contribution in [0.2, 0.25) is 0 Å². The molecule has 1 atom stereocenters. The number of nitrogens with zero attached hydrogens (tertiary/aromatic N) is 2. The number of imidazole rings is 1. The van der Waals surface area contributed by atoms with Crippen LogP contribution in [0.15, 0.2) is 30.6 Å². The predicted octanol–water partition coefficient (Wildman–Crippen LogP) is 2.46. The zero-order chi connectivity index (χ0) is 11.9. The van der Waals surface area contributed by atoms with Gasteiger partial charge in [-0.15, -0.1) is 0 Å². The van der Waals surface area contributed by atoms with Gasteiger partial charge in [-0.2, -0.15) is 0 Å². The zero-order valence-corrected chi connectivity index (χ0v) is 9.14. The summed E-state index contributed by atoms with van der Waals surface area (Å²) in [5.74, 6) is -2.68. The van der Waals surface area contributed by atoms with Gasteiger partial charge in [0.15, 0.2) is 0 Å². The molecule has 1 fully saturated rings. The van der Waals surface area contributed by atoms with Crippen LogP contribution in [0.5, 0.6) is 0 Å². The van der Waals surface area contributed by atoms with Gasteiger partial charge >= 0.3 is 0 Å². The van der Waals surface area contributed by atoms with Gasteiger partial charge in [-0.25, -0.2) is 13.8 Å². The number of aromatic nitrogens is 2. The smallest absolute Gasteiger partial charge is 0.273 e. The number of hydrogen-bond donors (Lipinski definition) is 0. The summed E-state index contributed by atoms with van der Waals surface area (Å²) in [7, 11) is 0. The van der Waals surface area contributed by atoms with Gasteiger partial charge in [-0.05, 0) is 12.1 Å². The van der Waals surface area contributed by atoms with E-state index in [-0.39, 0.29) is 6.42 Å². The Labute approximate surface area is 97.0 Å². The van der Waals surface area contributed by atoms with E-state index < -0.39 is 18.6 Å². The van der Waals surface area contributed by atoms with Crippen molar-refractivity contribution in [3.63, 3.8) is 0 Å². The third-order valence-corrected chi connectivity index (χ3v) is 2.98. The molecule has 0 N–H and O–H groups in total. The minimum Gasteiger partial charge on any atom is -0.370 e. The van der Waals surface area contributed by atoms with Crippen molar-refractivity contribution in [1.82, 2.24) is 9.55 Å². The lowest BCUT2D eigenvalue weighted by molar-refractivity contribution is -0.0105. The minimum atomic E-state index is -2.68.